The number of rotatable bonds is 1. The Labute approximate surface area is 127 Å². The maximum Gasteiger partial charge on any atom is 0.0713 e. The van der Waals surface area contributed by atoms with Crippen LogP contribution < -0.4 is 0 Å². The molecular weight excluding hydrogens is 286 g/mol. The molecule has 0 saturated carbocycles. The molecule has 0 radical (unpaired) electrons. The number of aryl methyl sites for hydroxylation is 1. The summed E-state index contributed by atoms with van der Waals surface area (Å²) in [5.41, 5.74) is 4.79. The molecule has 0 bridgehead atoms. The molecule has 1 nitrogen and oxygen atoms in total. The molecule has 0 amide bonds. The number of halogens is 1. The predicted octanol–water partition coefficient (Wildman–Crippen LogP) is 5.20. The number of thioether (sulfide) groups is 1. The van der Waals surface area contributed by atoms with E-state index in [0.29, 0.717) is 0 Å². The van der Waals surface area contributed by atoms with Crippen LogP contribution in [-0.2, 0) is 6.42 Å². The van der Waals surface area contributed by atoms with Crippen molar-refractivity contribution in [1.29, 1.82) is 0 Å². The third-order valence-electron chi connectivity index (χ3n) is 3.62. The van der Waals surface area contributed by atoms with Crippen LogP contribution in [0.2, 0.25) is 5.02 Å². The zero-order valence-corrected chi connectivity index (χ0v) is 12.3. The van der Waals surface area contributed by atoms with Crippen LogP contribution in [0.25, 0.3) is 22.0 Å². The fourth-order valence-electron chi connectivity index (χ4n) is 2.73. The minimum absolute atomic E-state index is 0.763. The van der Waals surface area contributed by atoms with Gasteiger partial charge in [0.15, 0.2) is 0 Å². The zero-order valence-electron chi connectivity index (χ0n) is 10.8. The van der Waals surface area contributed by atoms with Crippen LogP contribution in [-0.4, -0.2) is 10.7 Å². The molecule has 1 aliphatic heterocycles. The van der Waals surface area contributed by atoms with Gasteiger partial charge in [0.2, 0.25) is 0 Å². The van der Waals surface area contributed by atoms with E-state index >= 15 is 0 Å². The summed E-state index contributed by atoms with van der Waals surface area (Å²) in [6, 6.07) is 16.5. The van der Waals surface area contributed by atoms with Crippen molar-refractivity contribution >= 4 is 34.3 Å². The van der Waals surface area contributed by atoms with Gasteiger partial charge in [-0.2, -0.15) is 0 Å². The highest BCUT2D eigenvalue weighted by molar-refractivity contribution is 7.99. The van der Waals surface area contributed by atoms with E-state index in [2.05, 4.69) is 24.3 Å². The second-order valence-corrected chi connectivity index (χ2v) is 6.43. The maximum absolute atomic E-state index is 6.19. The molecule has 0 N–H and O–H groups in total. The quantitative estimate of drug-likeness (QED) is 0.612. The minimum atomic E-state index is 0.763. The molecule has 3 heteroatoms. The number of nitrogens with zero attached hydrogens (tertiary/aromatic N) is 1. The number of pyridine rings is 1. The first-order valence-corrected chi connectivity index (χ1v) is 7.99. The molecule has 0 fully saturated rings. The van der Waals surface area contributed by atoms with Gasteiger partial charge in [0.25, 0.3) is 0 Å². The molecule has 3 aromatic rings. The SMILES string of the molecule is Clc1ccc2nc3c(c(-c4ccccc4)c2c1)SCC3. The first-order valence-electron chi connectivity index (χ1n) is 6.63. The number of hydrogen-bond acceptors (Lipinski definition) is 2. The van der Waals surface area contributed by atoms with Crippen molar-refractivity contribution in [2.45, 2.75) is 11.3 Å². The van der Waals surface area contributed by atoms with Gasteiger partial charge < -0.3 is 0 Å². The Morgan fingerprint density at radius 1 is 1.05 bits per heavy atom. The fourth-order valence-corrected chi connectivity index (χ4v) is 4.09. The van der Waals surface area contributed by atoms with Crippen LogP contribution in [0.4, 0.5) is 0 Å². The summed E-state index contributed by atoms with van der Waals surface area (Å²) in [6.45, 7) is 0. The lowest BCUT2D eigenvalue weighted by Gasteiger charge is -2.12. The van der Waals surface area contributed by atoms with Gasteiger partial charge in [0.05, 0.1) is 11.2 Å². The molecule has 0 unspecified atom stereocenters. The summed E-state index contributed by atoms with van der Waals surface area (Å²) in [4.78, 5) is 6.13. The van der Waals surface area contributed by atoms with Crippen molar-refractivity contribution in [1.82, 2.24) is 4.98 Å². The molecule has 1 aromatic heterocycles. The molecule has 0 aliphatic carbocycles. The third-order valence-corrected chi connectivity index (χ3v) is 4.99. The van der Waals surface area contributed by atoms with E-state index in [1.807, 2.05) is 36.0 Å². The van der Waals surface area contributed by atoms with Gasteiger partial charge in [-0.05, 0) is 23.8 Å². The summed E-state index contributed by atoms with van der Waals surface area (Å²) in [5, 5.41) is 1.91. The highest BCUT2D eigenvalue weighted by atomic mass is 35.5. The average molecular weight is 298 g/mol. The molecule has 2 heterocycles. The van der Waals surface area contributed by atoms with Crippen molar-refractivity contribution in [3.05, 3.63) is 59.2 Å². The molecule has 98 valence electrons. The number of fused-ring (bicyclic) bond motifs is 2. The van der Waals surface area contributed by atoms with Crippen LogP contribution in [0.5, 0.6) is 0 Å². The Balaban J connectivity index is 2.13. The Hall–Kier alpha value is -1.51. The average Bonchev–Trinajstić information content (AvgIpc) is 2.93. The first-order chi connectivity index (χ1) is 9.83. The van der Waals surface area contributed by atoms with E-state index in [0.717, 1.165) is 28.1 Å². The van der Waals surface area contributed by atoms with Crippen LogP contribution in [0.1, 0.15) is 5.69 Å². The standard InChI is InChI=1S/C17H12ClNS/c18-12-6-7-14-13(10-12)16(11-4-2-1-3-5-11)17-15(19-14)8-9-20-17/h1-7,10H,8-9H2. The first kappa shape index (κ1) is 12.2. The summed E-state index contributed by atoms with van der Waals surface area (Å²) in [7, 11) is 0. The van der Waals surface area contributed by atoms with E-state index in [1.54, 1.807) is 0 Å². The van der Waals surface area contributed by atoms with Crippen molar-refractivity contribution in [2.24, 2.45) is 0 Å². The van der Waals surface area contributed by atoms with E-state index in [9.17, 15) is 0 Å². The van der Waals surface area contributed by atoms with Crippen molar-refractivity contribution in [2.75, 3.05) is 5.75 Å². The Morgan fingerprint density at radius 3 is 2.75 bits per heavy atom. The smallest absolute Gasteiger partial charge is 0.0713 e. The Morgan fingerprint density at radius 2 is 1.90 bits per heavy atom. The van der Waals surface area contributed by atoms with E-state index < -0.39 is 0 Å². The van der Waals surface area contributed by atoms with Crippen LogP contribution >= 0.6 is 23.4 Å². The summed E-state index contributed by atoms with van der Waals surface area (Å²) in [6.07, 6.45) is 1.05. The Bertz CT molecular complexity index is 799. The van der Waals surface area contributed by atoms with Gasteiger partial charge in [-0.1, -0.05) is 41.9 Å². The second kappa shape index (κ2) is 4.80. The minimum Gasteiger partial charge on any atom is -0.252 e. The molecule has 1 aliphatic rings. The fraction of sp³-hybridized carbons (Fsp3) is 0.118. The lowest BCUT2D eigenvalue weighted by atomic mass is 9.99. The van der Waals surface area contributed by atoms with Crippen LogP contribution in [0.15, 0.2) is 53.4 Å². The van der Waals surface area contributed by atoms with Crippen molar-refractivity contribution < 1.29 is 0 Å². The molecule has 2 aromatic carbocycles. The second-order valence-electron chi connectivity index (χ2n) is 4.89. The normalized spacial score (nSPS) is 13.7. The number of hydrogen-bond donors (Lipinski definition) is 0. The van der Waals surface area contributed by atoms with E-state index in [4.69, 9.17) is 16.6 Å². The zero-order chi connectivity index (χ0) is 13.5. The highest BCUT2D eigenvalue weighted by Crippen LogP contribution is 2.43. The molecule has 0 atom stereocenters. The van der Waals surface area contributed by atoms with Crippen LogP contribution in [0.3, 0.4) is 0 Å². The lowest BCUT2D eigenvalue weighted by molar-refractivity contribution is 1.05. The number of aromatic nitrogens is 1. The van der Waals surface area contributed by atoms with Crippen molar-refractivity contribution in [3.8, 4) is 11.1 Å². The monoisotopic (exact) mass is 297 g/mol. The maximum atomic E-state index is 6.19. The summed E-state index contributed by atoms with van der Waals surface area (Å²) < 4.78 is 0. The van der Waals surface area contributed by atoms with E-state index in [-0.39, 0.29) is 0 Å². The van der Waals surface area contributed by atoms with Gasteiger partial charge >= 0.3 is 0 Å². The van der Waals surface area contributed by atoms with Gasteiger partial charge in [0, 0.05) is 33.0 Å². The number of benzene rings is 2. The van der Waals surface area contributed by atoms with Gasteiger partial charge in [-0.3, -0.25) is 4.98 Å². The molecule has 0 spiro atoms. The molecule has 4 rings (SSSR count). The molecular formula is C17H12ClNS. The van der Waals surface area contributed by atoms with Crippen molar-refractivity contribution in [3.63, 3.8) is 0 Å². The Kier molecular flexibility index (Phi) is 2.94. The molecule has 0 saturated heterocycles. The molecule has 20 heavy (non-hydrogen) atoms. The largest absolute Gasteiger partial charge is 0.252 e. The van der Waals surface area contributed by atoms with Crippen LogP contribution in [0, 0.1) is 0 Å². The highest BCUT2D eigenvalue weighted by Gasteiger charge is 2.21. The summed E-state index contributed by atoms with van der Waals surface area (Å²) >= 11 is 8.10. The van der Waals surface area contributed by atoms with Gasteiger partial charge in [0.1, 0.15) is 0 Å². The van der Waals surface area contributed by atoms with Gasteiger partial charge in [-0.25, -0.2) is 0 Å². The topological polar surface area (TPSA) is 12.9 Å². The lowest BCUT2D eigenvalue weighted by Crippen LogP contribution is -1.93. The predicted molar refractivity (Wildman–Crippen MR) is 86.6 cm³/mol. The summed E-state index contributed by atoms with van der Waals surface area (Å²) in [5.74, 6) is 1.12. The third kappa shape index (κ3) is 1.91. The van der Waals surface area contributed by atoms with E-state index in [1.165, 1.54) is 21.7 Å². The van der Waals surface area contributed by atoms with Gasteiger partial charge in [-0.15, -0.1) is 11.8 Å².